The summed E-state index contributed by atoms with van der Waals surface area (Å²) in [6.07, 6.45) is 6.08. The molecular weight excluding hydrogens is 324 g/mol. The van der Waals surface area contributed by atoms with Gasteiger partial charge in [0.2, 0.25) is 0 Å². The molecule has 0 saturated heterocycles. The van der Waals surface area contributed by atoms with Crippen LogP contribution in [-0.2, 0) is 12.8 Å². The highest BCUT2D eigenvalue weighted by Gasteiger charge is 2.16. The average Bonchev–Trinajstić information content (AvgIpc) is 3.02. The van der Waals surface area contributed by atoms with Crippen LogP contribution in [0.15, 0.2) is 29.4 Å². The summed E-state index contributed by atoms with van der Waals surface area (Å²) in [5.74, 6) is 0.301. The lowest BCUT2D eigenvalue weighted by molar-refractivity contribution is 0.0959. The molecule has 2 aromatic rings. The Hall–Kier alpha value is -2.34. The Labute approximate surface area is 145 Å². The third-order valence-electron chi connectivity index (χ3n) is 3.88. The monoisotopic (exact) mass is 344 g/mol. The number of fused-ring (bicyclic) bond motifs is 1. The molecule has 0 spiro atoms. The first-order valence-corrected chi connectivity index (χ1v) is 8.90. The van der Waals surface area contributed by atoms with Crippen LogP contribution in [0.25, 0.3) is 0 Å². The van der Waals surface area contributed by atoms with E-state index in [0.29, 0.717) is 17.2 Å². The molecule has 5 nitrogen and oxygen atoms in total. The number of ether oxygens (including phenoxy) is 1. The molecule has 1 amide bonds. The van der Waals surface area contributed by atoms with E-state index in [-0.39, 0.29) is 11.7 Å². The molecule has 0 radical (unpaired) electrons. The quantitative estimate of drug-likeness (QED) is 0.644. The molecule has 0 bridgehead atoms. The Bertz CT molecular complexity index is 744. The second-order valence-corrected chi connectivity index (χ2v) is 6.76. The van der Waals surface area contributed by atoms with Gasteiger partial charge in [-0.3, -0.25) is 4.79 Å². The van der Waals surface area contributed by atoms with Crippen molar-refractivity contribution in [2.24, 2.45) is 5.10 Å². The summed E-state index contributed by atoms with van der Waals surface area (Å²) >= 11 is 1.56. The minimum absolute atomic E-state index is 0.0854. The molecule has 0 saturated carbocycles. The topological polar surface area (TPSA) is 70.9 Å². The van der Waals surface area contributed by atoms with Gasteiger partial charge in [0.25, 0.3) is 5.91 Å². The Balaban J connectivity index is 1.64. The lowest BCUT2D eigenvalue weighted by Gasteiger charge is -2.08. The highest BCUT2D eigenvalue weighted by molar-refractivity contribution is 7.14. The summed E-state index contributed by atoms with van der Waals surface area (Å²) in [5, 5.41) is 13.7. The normalized spacial score (nSPS) is 13.7. The first-order chi connectivity index (χ1) is 11.7. The zero-order valence-corrected chi connectivity index (χ0v) is 14.4. The molecular formula is C18H20N2O3S. The van der Waals surface area contributed by atoms with Crippen molar-refractivity contribution >= 4 is 23.5 Å². The van der Waals surface area contributed by atoms with Crippen molar-refractivity contribution in [3.8, 4) is 11.5 Å². The predicted octanol–water partition coefficient (Wildman–Crippen LogP) is 3.50. The van der Waals surface area contributed by atoms with Crippen LogP contribution in [0.3, 0.4) is 0 Å². The van der Waals surface area contributed by atoms with E-state index in [9.17, 15) is 9.90 Å². The first kappa shape index (κ1) is 16.5. The van der Waals surface area contributed by atoms with Crippen molar-refractivity contribution in [3.63, 3.8) is 0 Å². The summed E-state index contributed by atoms with van der Waals surface area (Å²) in [6.45, 7) is 2.31. The lowest BCUT2D eigenvalue weighted by atomic mass is 9.99. The smallest absolute Gasteiger partial charge is 0.281 e. The SMILES string of the molecule is CCOc1cc(C=NNC(=O)c2cc3c(s2)CCCC3)ccc1O. The van der Waals surface area contributed by atoms with Crippen LogP contribution < -0.4 is 10.2 Å². The Morgan fingerprint density at radius 1 is 1.38 bits per heavy atom. The largest absolute Gasteiger partial charge is 0.504 e. The fraction of sp³-hybridized carbons (Fsp3) is 0.333. The number of phenolic OH excluding ortho intramolecular Hbond substituents is 1. The van der Waals surface area contributed by atoms with Gasteiger partial charge in [0.15, 0.2) is 11.5 Å². The average molecular weight is 344 g/mol. The molecule has 0 fully saturated rings. The van der Waals surface area contributed by atoms with E-state index in [1.807, 2.05) is 13.0 Å². The molecule has 6 heteroatoms. The van der Waals surface area contributed by atoms with Crippen LogP contribution in [0.4, 0.5) is 0 Å². The van der Waals surface area contributed by atoms with Gasteiger partial charge in [-0.25, -0.2) is 5.43 Å². The third-order valence-corrected chi connectivity index (χ3v) is 5.12. The van der Waals surface area contributed by atoms with Crippen LogP contribution in [0, 0.1) is 0 Å². The number of amides is 1. The standard InChI is InChI=1S/C18H20N2O3S/c1-2-23-15-9-12(7-8-14(15)21)11-19-20-18(22)17-10-13-5-3-4-6-16(13)24-17/h7-11,21H,2-6H2,1H3,(H,20,22). The number of rotatable bonds is 5. The number of hydrogen-bond acceptors (Lipinski definition) is 5. The number of carbonyl (C=O) groups is 1. The number of hydrogen-bond donors (Lipinski definition) is 2. The minimum atomic E-state index is -0.186. The predicted molar refractivity (Wildman–Crippen MR) is 95.3 cm³/mol. The number of thiophene rings is 1. The second kappa shape index (κ2) is 7.49. The number of carbonyl (C=O) groups excluding carboxylic acids is 1. The lowest BCUT2D eigenvalue weighted by Crippen LogP contribution is -2.16. The van der Waals surface area contributed by atoms with E-state index >= 15 is 0 Å². The summed E-state index contributed by atoms with van der Waals surface area (Å²) in [6, 6.07) is 6.91. The molecule has 0 unspecified atom stereocenters. The van der Waals surface area contributed by atoms with E-state index in [1.165, 1.54) is 29.5 Å². The van der Waals surface area contributed by atoms with E-state index in [2.05, 4.69) is 10.5 Å². The van der Waals surface area contributed by atoms with Gasteiger partial charge >= 0.3 is 0 Å². The molecule has 1 aromatic heterocycles. The van der Waals surface area contributed by atoms with Crippen LogP contribution in [0.1, 0.15) is 45.4 Å². The third kappa shape index (κ3) is 3.76. The highest BCUT2D eigenvalue weighted by atomic mass is 32.1. The van der Waals surface area contributed by atoms with E-state index < -0.39 is 0 Å². The van der Waals surface area contributed by atoms with Crippen LogP contribution in [0.5, 0.6) is 11.5 Å². The van der Waals surface area contributed by atoms with Crippen molar-refractivity contribution in [2.75, 3.05) is 6.61 Å². The number of aromatic hydroxyl groups is 1. The Kier molecular flexibility index (Phi) is 5.15. The number of benzene rings is 1. The summed E-state index contributed by atoms with van der Waals surface area (Å²) in [5.41, 5.74) is 4.60. The first-order valence-electron chi connectivity index (χ1n) is 8.08. The van der Waals surface area contributed by atoms with Crippen molar-refractivity contribution in [2.45, 2.75) is 32.6 Å². The number of nitrogens with one attached hydrogen (secondary N) is 1. The summed E-state index contributed by atoms with van der Waals surface area (Å²) in [7, 11) is 0. The van der Waals surface area contributed by atoms with Crippen molar-refractivity contribution in [3.05, 3.63) is 45.1 Å². The minimum Gasteiger partial charge on any atom is -0.504 e. The van der Waals surface area contributed by atoms with Gasteiger partial charge in [-0.2, -0.15) is 5.10 Å². The maximum atomic E-state index is 12.2. The van der Waals surface area contributed by atoms with Crippen molar-refractivity contribution in [1.82, 2.24) is 5.43 Å². The zero-order chi connectivity index (χ0) is 16.9. The highest BCUT2D eigenvalue weighted by Crippen LogP contribution is 2.29. The van der Waals surface area contributed by atoms with E-state index in [0.717, 1.165) is 18.4 Å². The second-order valence-electron chi connectivity index (χ2n) is 5.63. The van der Waals surface area contributed by atoms with Crippen LogP contribution in [0.2, 0.25) is 0 Å². The van der Waals surface area contributed by atoms with Crippen molar-refractivity contribution < 1.29 is 14.6 Å². The summed E-state index contributed by atoms with van der Waals surface area (Å²) in [4.78, 5) is 14.2. The number of hydrazone groups is 1. The fourth-order valence-corrected chi connectivity index (χ4v) is 3.85. The van der Waals surface area contributed by atoms with Gasteiger partial charge in [0, 0.05) is 4.88 Å². The molecule has 1 aromatic carbocycles. The van der Waals surface area contributed by atoms with Gasteiger partial charge in [-0.15, -0.1) is 11.3 Å². The van der Waals surface area contributed by atoms with Gasteiger partial charge in [-0.05, 0) is 68.0 Å². The van der Waals surface area contributed by atoms with Gasteiger partial charge in [-0.1, -0.05) is 0 Å². The molecule has 1 aliphatic carbocycles. The Morgan fingerprint density at radius 3 is 3.00 bits per heavy atom. The molecule has 0 aliphatic heterocycles. The molecule has 1 heterocycles. The van der Waals surface area contributed by atoms with Gasteiger partial charge in [0.1, 0.15) is 0 Å². The maximum Gasteiger partial charge on any atom is 0.281 e. The molecule has 3 rings (SSSR count). The Morgan fingerprint density at radius 2 is 2.21 bits per heavy atom. The molecule has 1 aliphatic rings. The molecule has 2 N–H and O–H groups in total. The number of phenols is 1. The fourth-order valence-electron chi connectivity index (χ4n) is 2.71. The molecule has 0 atom stereocenters. The van der Waals surface area contributed by atoms with Crippen LogP contribution in [-0.4, -0.2) is 23.8 Å². The van der Waals surface area contributed by atoms with Crippen molar-refractivity contribution in [1.29, 1.82) is 0 Å². The summed E-state index contributed by atoms with van der Waals surface area (Å²) < 4.78 is 5.32. The maximum absolute atomic E-state index is 12.2. The molecule has 24 heavy (non-hydrogen) atoms. The van der Waals surface area contributed by atoms with Gasteiger partial charge < -0.3 is 9.84 Å². The number of aryl methyl sites for hydroxylation is 2. The van der Waals surface area contributed by atoms with Crippen LogP contribution >= 0.6 is 11.3 Å². The molecule has 126 valence electrons. The van der Waals surface area contributed by atoms with E-state index in [1.54, 1.807) is 29.5 Å². The zero-order valence-electron chi connectivity index (χ0n) is 13.5. The van der Waals surface area contributed by atoms with E-state index in [4.69, 9.17) is 4.74 Å². The van der Waals surface area contributed by atoms with Gasteiger partial charge in [0.05, 0.1) is 17.7 Å². The number of nitrogens with zero attached hydrogens (tertiary/aromatic N) is 1.